The van der Waals surface area contributed by atoms with Crippen molar-refractivity contribution in [3.63, 3.8) is 0 Å². The maximum Gasteiger partial charge on any atom is 0.314 e. The fraction of sp³-hybridized carbons (Fsp3) is 0.435. The first-order chi connectivity index (χ1) is 13.7. The van der Waals surface area contributed by atoms with Gasteiger partial charge in [0.25, 0.3) is 0 Å². The maximum absolute atomic E-state index is 11.8. The van der Waals surface area contributed by atoms with E-state index < -0.39 is 0 Å². The lowest BCUT2D eigenvalue weighted by Gasteiger charge is -2.14. The van der Waals surface area contributed by atoms with Crippen LogP contribution in [0.4, 0.5) is 4.79 Å². The molecule has 5 nitrogen and oxygen atoms in total. The molecule has 5 heteroatoms. The minimum absolute atomic E-state index is 0.0632. The van der Waals surface area contributed by atoms with Gasteiger partial charge in [0, 0.05) is 26.3 Å². The van der Waals surface area contributed by atoms with Crippen molar-refractivity contribution in [2.45, 2.75) is 38.9 Å². The third-order valence-corrected chi connectivity index (χ3v) is 4.49. The molecule has 0 unspecified atom stereocenters. The molecule has 2 aromatic carbocycles. The summed E-state index contributed by atoms with van der Waals surface area (Å²) in [5, 5.41) is 5.70. The van der Waals surface area contributed by atoms with Gasteiger partial charge < -0.3 is 20.1 Å². The summed E-state index contributed by atoms with van der Waals surface area (Å²) in [5.74, 6) is 0. The van der Waals surface area contributed by atoms with Crippen LogP contribution >= 0.6 is 0 Å². The van der Waals surface area contributed by atoms with E-state index >= 15 is 0 Å². The SMILES string of the molecule is C[C@@H](OCCCNC(=O)NCCCO[C@H](C)c1ccccc1)c1ccccc1. The minimum Gasteiger partial charge on any atom is -0.374 e. The molecule has 0 bridgehead atoms. The predicted octanol–water partition coefficient (Wildman–Crippen LogP) is 4.62. The number of rotatable bonds is 12. The molecule has 0 saturated heterocycles. The van der Waals surface area contributed by atoms with Gasteiger partial charge in [0.1, 0.15) is 0 Å². The third kappa shape index (κ3) is 8.55. The minimum atomic E-state index is -0.146. The molecule has 0 aliphatic carbocycles. The largest absolute Gasteiger partial charge is 0.374 e. The van der Waals surface area contributed by atoms with Gasteiger partial charge in [-0.2, -0.15) is 0 Å². The van der Waals surface area contributed by atoms with Crippen LogP contribution in [0.3, 0.4) is 0 Å². The Balaban J connectivity index is 1.45. The Morgan fingerprint density at radius 1 is 0.750 bits per heavy atom. The van der Waals surface area contributed by atoms with Crippen LogP contribution in [-0.4, -0.2) is 32.3 Å². The zero-order chi connectivity index (χ0) is 20.0. The molecule has 2 atom stereocenters. The standard InChI is InChI=1S/C23H32N2O3/c1-19(21-11-5-3-6-12-21)27-17-9-15-24-23(26)25-16-10-18-28-20(2)22-13-7-4-8-14-22/h3-8,11-14,19-20H,9-10,15-18H2,1-2H3,(H2,24,25,26)/t19-,20-/m1/s1. The van der Waals surface area contributed by atoms with Crippen LogP contribution in [0.25, 0.3) is 0 Å². The summed E-state index contributed by atoms with van der Waals surface area (Å²) in [5.41, 5.74) is 2.33. The van der Waals surface area contributed by atoms with Gasteiger partial charge in [-0.1, -0.05) is 60.7 Å². The summed E-state index contributed by atoms with van der Waals surface area (Å²) in [6, 6.07) is 20.1. The summed E-state index contributed by atoms with van der Waals surface area (Å²) in [6.07, 6.45) is 1.69. The highest BCUT2D eigenvalue weighted by atomic mass is 16.5. The Labute approximate surface area is 168 Å². The van der Waals surface area contributed by atoms with Crippen molar-refractivity contribution in [2.24, 2.45) is 0 Å². The van der Waals surface area contributed by atoms with Gasteiger partial charge in [-0.3, -0.25) is 0 Å². The first kappa shape index (κ1) is 21.9. The molecule has 2 amide bonds. The molecule has 28 heavy (non-hydrogen) atoms. The molecular formula is C23H32N2O3. The number of hydrogen-bond donors (Lipinski definition) is 2. The van der Waals surface area contributed by atoms with Crippen LogP contribution in [0, 0.1) is 0 Å². The average Bonchev–Trinajstić information content (AvgIpc) is 2.74. The number of carbonyl (C=O) groups excluding carboxylic acids is 1. The van der Waals surface area contributed by atoms with Crippen LogP contribution < -0.4 is 10.6 Å². The Kier molecular flexibility index (Phi) is 10.1. The van der Waals surface area contributed by atoms with Gasteiger partial charge in [0.15, 0.2) is 0 Å². The zero-order valence-electron chi connectivity index (χ0n) is 16.9. The molecule has 0 aliphatic rings. The van der Waals surface area contributed by atoms with Crippen LogP contribution in [0.1, 0.15) is 50.0 Å². The fourth-order valence-electron chi connectivity index (χ4n) is 2.77. The van der Waals surface area contributed by atoms with Gasteiger partial charge in [-0.05, 0) is 37.8 Å². The summed E-state index contributed by atoms with van der Waals surface area (Å²) < 4.78 is 11.6. The molecule has 0 aliphatic heterocycles. The van der Waals surface area contributed by atoms with Gasteiger partial charge >= 0.3 is 6.03 Å². The molecule has 0 fully saturated rings. The number of hydrogen-bond acceptors (Lipinski definition) is 3. The summed E-state index contributed by atoms with van der Waals surface area (Å²) in [7, 11) is 0. The van der Waals surface area contributed by atoms with Crippen molar-refractivity contribution in [1.82, 2.24) is 10.6 Å². The third-order valence-electron chi connectivity index (χ3n) is 4.49. The van der Waals surface area contributed by atoms with Gasteiger partial charge in [-0.25, -0.2) is 4.79 Å². The lowest BCUT2D eigenvalue weighted by atomic mass is 10.1. The highest BCUT2D eigenvalue weighted by molar-refractivity contribution is 5.73. The van der Waals surface area contributed by atoms with Gasteiger partial charge in [-0.15, -0.1) is 0 Å². The van der Waals surface area contributed by atoms with Crippen LogP contribution in [-0.2, 0) is 9.47 Å². The number of amides is 2. The number of benzene rings is 2. The topological polar surface area (TPSA) is 59.6 Å². The second-order valence-electron chi connectivity index (χ2n) is 6.74. The molecule has 0 aromatic heterocycles. The molecule has 2 N–H and O–H groups in total. The van der Waals surface area contributed by atoms with Crippen molar-refractivity contribution in [1.29, 1.82) is 0 Å². The van der Waals surface area contributed by atoms with Crippen molar-refractivity contribution >= 4 is 6.03 Å². The summed E-state index contributed by atoms with van der Waals surface area (Å²) >= 11 is 0. The smallest absolute Gasteiger partial charge is 0.314 e. The Morgan fingerprint density at radius 2 is 1.14 bits per heavy atom. The van der Waals surface area contributed by atoms with E-state index in [1.807, 2.05) is 50.2 Å². The summed E-state index contributed by atoms with van der Waals surface area (Å²) in [6.45, 7) is 6.49. The number of urea groups is 1. The number of nitrogens with one attached hydrogen (secondary N) is 2. The first-order valence-corrected chi connectivity index (χ1v) is 10.0. The van der Waals surface area contributed by atoms with E-state index in [1.165, 1.54) is 0 Å². The second kappa shape index (κ2) is 12.9. The number of carbonyl (C=O) groups is 1. The van der Waals surface area contributed by atoms with E-state index in [1.54, 1.807) is 0 Å². The Bertz CT molecular complexity index is 607. The van der Waals surface area contributed by atoms with Crippen molar-refractivity contribution in [3.05, 3.63) is 71.8 Å². The molecule has 152 valence electrons. The van der Waals surface area contributed by atoms with Crippen molar-refractivity contribution < 1.29 is 14.3 Å². The zero-order valence-corrected chi connectivity index (χ0v) is 16.9. The second-order valence-corrected chi connectivity index (χ2v) is 6.74. The van der Waals surface area contributed by atoms with Gasteiger partial charge in [0.2, 0.25) is 0 Å². The maximum atomic E-state index is 11.8. The van der Waals surface area contributed by atoms with E-state index in [0.717, 1.165) is 24.0 Å². The molecule has 0 spiro atoms. The molecule has 0 heterocycles. The highest BCUT2D eigenvalue weighted by Crippen LogP contribution is 2.16. The van der Waals surface area contributed by atoms with Gasteiger partial charge in [0.05, 0.1) is 12.2 Å². The fourth-order valence-corrected chi connectivity index (χ4v) is 2.77. The first-order valence-electron chi connectivity index (χ1n) is 10.0. The lowest BCUT2D eigenvalue weighted by molar-refractivity contribution is 0.0639. The van der Waals surface area contributed by atoms with Crippen LogP contribution in [0.5, 0.6) is 0 Å². The molecule has 2 rings (SSSR count). The molecule has 2 aromatic rings. The van der Waals surface area contributed by atoms with E-state index in [2.05, 4.69) is 34.9 Å². The Morgan fingerprint density at radius 3 is 1.54 bits per heavy atom. The van der Waals surface area contributed by atoms with Crippen LogP contribution in [0.15, 0.2) is 60.7 Å². The van der Waals surface area contributed by atoms with E-state index in [0.29, 0.717) is 26.3 Å². The van der Waals surface area contributed by atoms with Crippen molar-refractivity contribution in [3.8, 4) is 0 Å². The summed E-state index contributed by atoms with van der Waals surface area (Å²) in [4.78, 5) is 11.8. The van der Waals surface area contributed by atoms with E-state index in [4.69, 9.17) is 9.47 Å². The molecule has 0 radical (unpaired) electrons. The quantitative estimate of drug-likeness (QED) is 0.525. The lowest BCUT2D eigenvalue weighted by Crippen LogP contribution is -2.37. The Hall–Kier alpha value is -2.37. The molecular weight excluding hydrogens is 352 g/mol. The number of ether oxygens (including phenoxy) is 2. The molecule has 0 saturated carbocycles. The normalized spacial score (nSPS) is 12.9. The highest BCUT2D eigenvalue weighted by Gasteiger charge is 2.06. The van der Waals surface area contributed by atoms with Crippen molar-refractivity contribution in [2.75, 3.05) is 26.3 Å². The van der Waals surface area contributed by atoms with Crippen LogP contribution in [0.2, 0.25) is 0 Å². The average molecular weight is 385 g/mol. The predicted molar refractivity (Wildman–Crippen MR) is 112 cm³/mol. The van der Waals surface area contributed by atoms with E-state index in [-0.39, 0.29) is 18.2 Å². The monoisotopic (exact) mass is 384 g/mol. The van der Waals surface area contributed by atoms with E-state index in [9.17, 15) is 4.79 Å².